The molecule has 150 valence electrons. The van der Waals surface area contributed by atoms with Crippen LogP contribution in [0.2, 0.25) is 0 Å². The second-order valence-electron chi connectivity index (χ2n) is 6.81. The van der Waals surface area contributed by atoms with E-state index in [1.165, 1.54) is 29.9 Å². The van der Waals surface area contributed by atoms with Crippen LogP contribution in [0.3, 0.4) is 0 Å². The molecule has 0 N–H and O–H groups in total. The first-order valence-corrected chi connectivity index (χ1v) is 9.24. The van der Waals surface area contributed by atoms with Gasteiger partial charge in [-0.05, 0) is 42.8 Å². The van der Waals surface area contributed by atoms with Gasteiger partial charge >= 0.3 is 5.97 Å². The lowest BCUT2D eigenvalue weighted by molar-refractivity contribution is 0.0601. The number of esters is 1. The van der Waals surface area contributed by atoms with Gasteiger partial charge in [0.2, 0.25) is 5.95 Å². The van der Waals surface area contributed by atoms with Crippen molar-refractivity contribution in [2.45, 2.75) is 6.92 Å². The molecule has 0 spiro atoms. The number of carbonyl (C=O) groups is 1. The number of anilines is 1. The zero-order valence-corrected chi connectivity index (χ0v) is 16.1. The zero-order chi connectivity index (χ0) is 20.5. The van der Waals surface area contributed by atoms with Crippen molar-refractivity contribution < 1.29 is 18.7 Å². The second-order valence-corrected chi connectivity index (χ2v) is 6.81. The lowest BCUT2D eigenvalue weighted by Crippen LogP contribution is -2.40. The molecule has 1 saturated heterocycles. The first kappa shape index (κ1) is 19.1. The number of fused-ring (bicyclic) bond motifs is 1. The molecule has 2 aromatic carbocycles. The summed E-state index contributed by atoms with van der Waals surface area (Å²) in [5.74, 6) is -0.522. The lowest BCUT2D eigenvalue weighted by atomic mass is 10.1. The maximum atomic E-state index is 14.2. The van der Waals surface area contributed by atoms with Crippen LogP contribution in [0.5, 0.6) is 0 Å². The Morgan fingerprint density at radius 3 is 2.62 bits per heavy atom. The first-order valence-electron chi connectivity index (χ1n) is 9.24. The molecule has 29 heavy (non-hydrogen) atoms. The number of aryl methyl sites for hydroxylation is 1. The van der Waals surface area contributed by atoms with E-state index in [9.17, 15) is 14.0 Å². The van der Waals surface area contributed by atoms with E-state index in [4.69, 9.17) is 9.47 Å². The highest BCUT2D eigenvalue weighted by molar-refractivity contribution is 5.94. The van der Waals surface area contributed by atoms with Crippen LogP contribution < -0.4 is 10.5 Å². The largest absolute Gasteiger partial charge is 0.465 e. The predicted octanol–water partition coefficient (Wildman–Crippen LogP) is 2.46. The van der Waals surface area contributed by atoms with Crippen molar-refractivity contribution in [2.75, 3.05) is 38.3 Å². The van der Waals surface area contributed by atoms with Gasteiger partial charge < -0.3 is 14.4 Å². The fourth-order valence-corrected chi connectivity index (χ4v) is 3.35. The maximum Gasteiger partial charge on any atom is 0.337 e. The topological polar surface area (TPSA) is 73.7 Å². The lowest BCUT2D eigenvalue weighted by Gasteiger charge is -2.30. The van der Waals surface area contributed by atoms with E-state index < -0.39 is 11.8 Å². The fourth-order valence-electron chi connectivity index (χ4n) is 3.35. The number of benzene rings is 2. The van der Waals surface area contributed by atoms with Gasteiger partial charge in [-0.2, -0.15) is 0 Å². The predicted molar refractivity (Wildman–Crippen MR) is 106 cm³/mol. The summed E-state index contributed by atoms with van der Waals surface area (Å²) < 4.78 is 25.8. The van der Waals surface area contributed by atoms with Crippen LogP contribution in [0.1, 0.15) is 15.9 Å². The molecule has 7 nitrogen and oxygen atoms in total. The second kappa shape index (κ2) is 7.63. The number of aromatic nitrogens is 2. The molecule has 1 aromatic heterocycles. The molecule has 2 heterocycles. The smallest absolute Gasteiger partial charge is 0.337 e. The Balaban J connectivity index is 1.98. The Hall–Kier alpha value is -3.26. The number of hydrogen-bond acceptors (Lipinski definition) is 6. The van der Waals surface area contributed by atoms with Crippen LogP contribution in [0.15, 0.2) is 41.2 Å². The SMILES string of the molecule is COC(=O)c1ccc2c(=O)n(-c3ccc(C)c(F)c3)c(N3CCOCC3)nc2c1. The van der Waals surface area contributed by atoms with Gasteiger partial charge in [-0.3, -0.25) is 4.79 Å². The van der Waals surface area contributed by atoms with Crippen LogP contribution in [-0.4, -0.2) is 48.9 Å². The molecular formula is C21H20FN3O4. The summed E-state index contributed by atoms with van der Waals surface area (Å²) in [5.41, 5.74) is 1.23. The molecule has 0 bridgehead atoms. The summed E-state index contributed by atoms with van der Waals surface area (Å²) in [4.78, 5) is 31.8. The van der Waals surface area contributed by atoms with E-state index in [2.05, 4.69) is 4.98 Å². The van der Waals surface area contributed by atoms with Crippen LogP contribution >= 0.6 is 0 Å². The number of hydrogen-bond donors (Lipinski definition) is 0. The van der Waals surface area contributed by atoms with Gasteiger partial charge in [-0.25, -0.2) is 18.7 Å². The third-order valence-corrected chi connectivity index (χ3v) is 4.98. The molecule has 0 unspecified atom stereocenters. The number of ether oxygens (including phenoxy) is 2. The van der Waals surface area contributed by atoms with Gasteiger partial charge in [0.05, 0.1) is 42.5 Å². The number of halogens is 1. The minimum absolute atomic E-state index is 0.305. The van der Waals surface area contributed by atoms with Gasteiger partial charge in [-0.15, -0.1) is 0 Å². The van der Waals surface area contributed by atoms with Crippen molar-refractivity contribution in [3.63, 3.8) is 0 Å². The summed E-state index contributed by atoms with van der Waals surface area (Å²) in [6, 6.07) is 9.25. The standard InChI is InChI=1S/C21H20FN3O4/c1-13-3-5-15(12-17(13)22)25-19(26)16-6-4-14(20(27)28-2)11-18(16)23-21(25)24-7-9-29-10-8-24/h3-6,11-12H,7-10H2,1-2H3. The molecule has 8 heteroatoms. The van der Waals surface area contributed by atoms with Crippen LogP contribution in [0.25, 0.3) is 16.6 Å². The molecule has 4 rings (SSSR count). The summed E-state index contributed by atoms with van der Waals surface area (Å²) in [6.07, 6.45) is 0. The molecule has 0 atom stereocenters. The highest BCUT2D eigenvalue weighted by Crippen LogP contribution is 2.22. The number of nitrogens with zero attached hydrogens (tertiary/aromatic N) is 3. The molecule has 1 aliphatic heterocycles. The van der Waals surface area contributed by atoms with Gasteiger partial charge in [0.1, 0.15) is 5.82 Å². The van der Waals surface area contributed by atoms with Crippen molar-refractivity contribution >= 4 is 22.8 Å². The van der Waals surface area contributed by atoms with Crippen molar-refractivity contribution in [3.05, 3.63) is 63.7 Å². The Morgan fingerprint density at radius 1 is 1.17 bits per heavy atom. The molecular weight excluding hydrogens is 377 g/mol. The van der Waals surface area contributed by atoms with E-state index in [1.807, 2.05) is 4.90 Å². The third-order valence-electron chi connectivity index (χ3n) is 4.98. The minimum atomic E-state index is -0.508. The Morgan fingerprint density at radius 2 is 1.93 bits per heavy atom. The highest BCUT2D eigenvalue weighted by atomic mass is 19.1. The maximum absolute atomic E-state index is 14.2. The number of methoxy groups -OCH3 is 1. The van der Waals surface area contributed by atoms with E-state index in [1.54, 1.807) is 25.1 Å². The fraction of sp³-hybridized carbons (Fsp3) is 0.286. The van der Waals surface area contributed by atoms with Crippen molar-refractivity contribution in [1.29, 1.82) is 0 Å². The first-order chi connectivity index (χ1) is 14.0. The van der Waals surface area contributed by atoms with Gasteiger partial charge in [0.15, 0.2) is 0 Å². The van der Waals surface area contributed by atoms with E-state index >= 15 is 0 Å². The van der Waals surface area contributed by atoms with Crippen molar-refractivity contribution in [1.82, 2.24) is 9.55 Å². The van der Waals surface area contributed by atoms with E-state index in [-0.39, 0.29) is 5.56 Å². The van der Waals surface area contributed by atoms with Crippen LogP contribution in [0, 0.1) is 12.7 Å². The molecule has 3 aromatic rings. The monoisotopic (exact) mass is 397 g/mol. The van der Waals surface area contributed by atoms with E-state index in [0.29, 0.717) is 60.0 Å². The summed E-state index contributed by atoms with van der Waals surface area (Å²) in [5, 5.41) is 0.329. The number of carbonyl (C=O) groups excluding carboxylic acids is 1. The van der Waals surface area contributed by atoms with Crippen LogP contribution in [0.4, 0.5) is 10.3 Å². The molecule has 0 saturated carbocycles. The number of morpholine rings is 1. The Labute approximate surface area is 166 Å². The highest BCUT2D eigenvalue weighted by Gasteiger charge is 2.21. The average Bonchev–Trinajstić information content (AvgIpc) is 2.75. The van der Waals surface area contributed by atoms with Gasteiger partial charge in [-0.1, -0.05) is 6.07 Å². The average molecular weight is 397 g/mol. The summed E-state index contributed by atoms with van der Waals surface area (Å²) in [7, 11) is 1.29. The summed E-state index contributed by atoms with van der Waals surface area (Å²) in [6.45, 7) is 3.75. The Bertz CT molecular complexity index is 1150. The molecule has 1 fully saturated rings. The van der Waals surface area contributed by atoms with Crippen LogP contribution in [-0.2, 0) is 9.47 Å². The normalized spacial score (nSPS) is 14.2. The Kier molecular flexibility index (Phi) is 5.02. The van der Waals surface area contributed by atoms with Gasteiger partial charge in [0.25, 0.3) is 5.56 Å². The van der Waals surface area contributed by atoms with Crippen molar-refractivity contribution in [3.8, 4) is 5.69 Å². The summed E-state index contributed by atoms with van der Waals surface area (Å²) >= 11 is 0. The molecule has 0 aliphatic carbocycles. The van der Waals surface area contributed by atoms with Gasteiger partial charge in [0, 0.05) is 13.1 Å². The molecule has 0 amide bonds. The van der Waals surface area contributed by atoms with Crippen molar-refractivity contribution in [2.24, 2.45) is 0 Å². The quantitative estimate of drug-likeness (QED) is 0.632. The molecule has 0 radical (unpaired) electrons. The number of rotatable bonds is 3. The third kappa shape index (κ3) is 3.47. The molecule has 1 aliphatic rings. The minimum Gasteiger partial charge on any atom is -0.465 e. The van der Waals surface area contributed by atoms with E-state index in [0.717, 1.165) is 0 Å². The zero-order valence-electron chi connectivity index (χ0n) is 16.1.